The minimum absolute atomic E-state index is 0.0696. The lowest BCUT2D eigenvalue weighted by Gasteiger charge is -2.24. The van der Waals surface area contributed by atoms with Gasteiger partial charge >= 0.3 is 0 Å². The maximum atomic E-state index is 11.9. The number of rotatable bonds is 5. The molecule has 0 radical (unpaired) electrons. The highest BCUT2D eigenvalue weighted by molar-refractivity contribution is 5.80. The predicted octanol–water partition coefficient (Wildman–Crippen LogP) is 1.81. The lowest BCUT2D eigenvalue weighted by Crippen LogP contribution is -2.43. The van der Waals surface area contributed by atoms with E-state index >= 15 is 0 Å². The molecule has 0 fully saturated rings. The van der Waals surface area contributed by atoms with Gasteiger partial charge in [0.2, 0.25) is 5.91 Å². The van der Waals surface area contributed by atoms with Gasteiger partial charge in [-0.15, -0.1) is 0 Å². The van der Waals surface area contributed by atoms with Crippen molar-refractivity contribution in [3.05, 3.63) is 17.0 Å². The Labute approximate surface area is 109 Å². The van der Waals surface area contributed by atoms with Crippen LogP contribution in [-0.2, 0) is 4.79 Å². The van der Waals surface area contributed by atoms with E-state index in [4.69, 9.17) is 4.52 Å². The highest BCUT2D eigenvalue weighted by atomic mass is 16.5. The largest absolute Gasteiger partial charge is 0.361 e. The zero-order chi connectivity index (χ0) is 13.9. The minimum atomic E-state index is -0.223. The molecule has 0 spiro atoms. The summed E-state index contributed by atoms with van der Waals surface area (Å²) in [6.07, 6.45) is 0.883. The van der Waals surface area contributed by atoms with E-state index in [9.17, 15) is 4.79 Å². The summed E-state index contributed by atoms with van der Waals surface area (Å²) in [4.78, 5) is 13.5. The van der Waals surface area contributed by atoms with Crippen LogP contribution in [0.2, 0.25) is 0 Å². The van der Waals surface area contributed by atoms with Crippen molar-refractivity contribution in [1.29, 1.82) is 0 Å². The lowest BCUT2D eigenvalue weighted by atomic mass is 10.0. The van der Waals surface area contributed by atoms with Crippen molar-refractivity contribution in [2.75, 3.05) is 14.1 Å². The van der Waals surface area contributed by atoms with Gasteiger partial charge in [-0.1, -0.05) is 12.1 Å². The van der Waals surface area contributed by atoms with Crippen molar-refractivity contribution in [2.45, 2.75) is 46.2 Å². The average molecular weight is 253 g/mol. The number of amides is 1. The van der Waals surface area contributed by atoms with Crippen molar-refractivity contribution >= 4 is 5.91 Å². The zero-order valence-electron chi connectivity index (χ0n) is 12.1. The smallest absolute Gasteiger partial charge is 0.238 e. The first-order chi connectivity index (χ1) is 8.38. The Balaban J connectivity index is 2.83. The third kappa shape index (κ3) is 3.10. The van der Waals surface area contributed by atoms with Crippen LogP contribution in [0.3, 0.4) is 0 Å². The molecule has 1 heterocycles. The number of nitrogens with zero attached hydrogens (tertiary/aromatic N) is 2. The van der Waals surface area contributed by atoms with Crippen molar-refractivity contribution in [3.8, 4) is 0 Å². The molecule has 0 saturated heterocycles. The molecule has 102 valence electrons. The van der Waals surface area contributed by atoms with Crippen molar-refractivity contribution in [3.63, 3.8) is 0 Å². The molecule has 2 unspecified atom stereocenters. The summed E-state index contributed by atoms with van der Waals surface area (Å²) in [6, 6.07) is -0.131. The van der Waals surface area contributed by atoms with Gasteiger partial charge in [0, 0.05) is 25.7 Å². The van der Waals surface area contributed by atoms with E-state index < -0.39 is 0 Å². The minimum Gasteiger partial charge on any atom is -0.361 e. The Morgan fingerprint density at radius 3 is 2.44 bits per heavy atom. The van der Waals surface area contributed by atoms with Gasteiger partial charge in [0.25, 0.3) is 0 Å². The molecule has 0 aliphatic heterocycles. The fraction of sp³-hybridized carbons (Fsp3) is 0.692. The summed E-state index contributed by atoms with van der Waals surface area (Å²) < 4.78 is 5.18. The number of hydrogen-bond acceptors (Lipinski definition) is 4. The van der Waals surface area contributed by atoms with Crippen LogP contribution >= 0.6 is 0 Å². The second-order valence-electron chi connectivity index (χ2n) is 4.82. The molecule has 1 aromatic heterocycles. The highest BCUT2D eigenvalue weighted by Crippen LogP contribution is 2.24. The van der Waals surface area contributed by atoms with E-state index in [1.807, 2.05) is 20.8 Å². The molecule has 1 amide bonds. The molecule has 0 aliphatic carbocycles. The van der Waals surface area contributed by atoms with Gasteiger partial charge in [0.05, 0.1) is 11.7 Å². The van der Waals surface area contributed by atoms with Gasteiger partial charge in [-0.05, 0) is 27.2 Å². The molecule has 1 aromatic rings. The maximum Gasteiger partial charge on any atom is 0.238 e. The SMILES string of the molecule is CCC(NC(C)C(=O)N(C)C)c1c(C)noc1C. The van der Waals surface area contributed by atoms with Crippen molar-refractivity contribution in [1.82, 2.24) is 15.4 Å². The van der Waals surface area contributed by atoms with Gasteiger partial charge < -0.3 is 9.42 Å². The molecule has 2 atom stereocenters. The Hall–Kier alpha value is -1.36. The van der Waals surface area contributed by atoms with E-state index in [1.54, 1.807) is 19.0 Å². The monoisotopic (exact) mass is 253 g/mol. The Kier molecular flexibility index (Phi) is 4.90. The number of carbonyl (C=O) groups is 1. The van der Waals surface area contributed by atoms with Crippen LogP contribution in [0.15, 0.2) is 4.52 Å². The topological polar surface area (TPSA) is 58.4 Å². The quantitative estimate of drug-likeness (QED) is 0.869. The Morgan fingerprint density at radius 1 is 1.44 bits per heavy atom. The van der Waals surface area contributed by atoms with Gasteiger partial charge in [-0.2, -0.15) is 0 Å². The number of hydrogen-bond donors (Lipinski definition) is 1. The van der Waals surface area contributed by atoms with Crippen LogP contribution in [0.5, 0.6) is 0 Å². The first-order valence-corrected chi connectivity index (χ1v) is 6.28. The van der Waals surface area contributed by atoms with Crippen molar-refractivity contribution < 1.29 is 9.32 Å². The number of likely N-dealkylation sites (N-methyl/N-ethyl adjacent to an activating group) is 1. The number of carbonyl (C=O) groups excluding carboxylic acids is 1. The average Bonchev–Trinajstić information content (AvgIpc) is 2.65. The summed E-state index contributed by atoms with van der Waals surface area (Å²) in [5, 5.41) is 7.30. The molecule has 1 rings (SSSR count). The van der Waals surface area contributed by atoms with E-state index in [-0.39, 0.29) is 18.0 Å². The van der Waals surface area contributed by atoms with Crippen LogP contribution in [0, 0.1) is 13.8 Å². The second kappa shape index (κ2) is 6.00. The number of aromatic nitrogens is 1. The number of nitrogens with one attached hydrogen (secondary N) is 1. The predicted molar refractivity (Wildman–Crippen MR) is 70.3 cm³/mol. The molecular weight excluding hydrogens is 230 g/mol. The summed E-state index contributed by atoms with van der Waals surface area (Å²) >= 11 is 0. The molecule has 0 bridgehead atoms. The normalized spacial score (nSPS) is 14.3. The highest BCUT2D eigenvalue weighted by Gasteiger charge is 2.23. The van der Waals surface area contributed by atoms with Gasteiger partial charge in [0.1, 0.15) is 5.76 Å². The van der Waals surface area contributed by atoms with Gasteiger partial charge in [0.15, 0.2) is 0 Å². The van der Waals surface area contributed by atoms with Crippen LogP contribution < -0.4 is 5.32 Å². The zero-order valence-corrected chi connectivity index (χ0v) is 12.1. The fourth-order valence-corrected chi connectivity index (χ4v) is 2.15. The summed E-state index contributed by atoms with van der Waals surface area (Å²) in [5.41, 5.74) is 1.95. The van der Waals surface area contributed by atoms with E-state index in [0.29, 0.717) is 0 Å². The van der Waals surface area contributed by atoms with E-state index in [2.05, 4.69) is 17.4 Å². The summed E-state index contributed by atoms with van der Waals surface area (Å²) in [7, 11) is 3.52. The molecule has 5 nitrogen and oxygen atoms in total. The van der Waals surface area contributed by atoms with Crippen molar-refractivity contribution in [2.24, 2.45) is 0 Å². The van der Waals surface area contributed by atoms with Crippen LogP contribution in [0.25, 0.3) is 0 Å². The van der Waals surface area contributed by atoms with E-state index in [1.165, 1.54) is 0 Å². The fourth-order valence-electron chi connectivity index (χ4n) is 2.15. The summed E-state index contributed by atoms with van der Waals surface area (Å²) in [5.74, 6) is 0.886. The van der Waals surface area contributed by atoms with Crippen LogP contribution in [0.4, 0.5) is 0 Å². The third-order valence-electron chi connectivity index (χ3n) is 3.11. The molecule has 1 N–H and O–H groups in total. The Bertz CT molecular complexity index is 393. The maximum absolute atomic E-state index is 11.9. The summed E-state index contributed by atoms with van der Waals surface area (Å²) in [6.45, 7) is 7.78. The molecule has 0 aliphatic rings. The first-order valence-electron chi connectivity index (χ1n) is 6.28. The second-order valence-corrected chi connectivity index (χ2v) is 4.82. The van der Waals surface area contributed by atoms with Crippen LogP contribution in [0.1, 0.15) is 43.3 Å². The van der Waals surface area contributed by atoms with Gasteiger partial charge in [-0.3, -0.25) is 10.1 Å². The molecule has 0 saturated carbocycles. The first kappa shape index (κ1) is 14.7. The molecular formula is C13H23N3O2. The molecule has 0 aromatic carbocycles. The third-order valence-corrected chi connectivity index (χ3v) is 3.11. The van der Waals surface area contributed by atoms with E-state index in [0.717, 1.165) is 23.4 Å². The number of aryl methyl sites for hydroxylation is 2. The molecule has 5 heteroatoms. The lowest BCUT2D eigenvalue weighted by molar-refractivity contribution is -0.130. The van der Waals surface area contributed by atoms with Crippen LogP contribution in [-0.4, -0.2) is 36.1 Å². The Morgan fingerprint density at radius 2 is 2.06 bits per heavy atom. The van der Waals surface area contributed by atoms with Gasteiger partial charge in [-0.25, -0.2) is 0 Å². The molecule has 18 heavy (non-hydrogen) atoms. The standard InChI is InChI=1S/C13H23N3O2/c1-7-11(12-8(2)15-18-10(12)4)14-9(3)13(17)16(5)6/h9,11,14H,7H2,1-6H3.